The van der Waals surface area contributed by atoms with Crippen LogP contribution in [-0.2, 0) is 14.4 Å². The number of hydrogen-bond donors (Lipinski definition) is 4. The van der Waals surface area contributed by atoms with Crippen molar-refractivity contribution in [1.29, 1.82) is 0 Å². The summed E-state index contributed by atoms with van der Waals surface area (Å²) in [7, 11) is 0. The van der Waals surface area contributed by atoms with Crippen molar-refractivity contribution in [2.24, 2.45) is 5.16 Å². The van der Waals surface area contributed by atoms with E-state index < -0.39 is 34.9 Å². The molecule has 0 unspecified atom stereocenters. The van der Waals surface area contributed by atoms with Gasteiger partial charge in [-0.3, -0.25) is 14.5 Å². The van der Waals surface area contributed by atoms with Gasteiger partial charge in [0.15, 0.2) is 16.6 Å². The predicted molar refractivity (Wildman–Crippen MR) is 115 cm³/mol. The number of nitrogens with zero attached hydrogens (tertiary/aromatic N) is 4. The number of aromatic nitrogens is 2. The van der Waals surface area contributed by atoms with E-state index in [2.05, 4.69) is 20.6 Å². The van der Waals surface area contributed by atoms with Gasteiger partial charge in [0.25, 0.3) is 11.8 Å². The summed E-state index contributed by atoms with van der Waals surface area (Å²) in [5, 5.41) is 27.3. The Morgan fingerprint density at radius 3 is 2.81 bits per heavy atom. The van der Waals surface area contributed by atoms with Crippen LogP contribution in [-0.4, -0.2) is 66.0 Å². The minimum atomic E-state index is -1.28. The third-order valence-corrected chi connectivity index (χ3v) is 6.92. The molecule has 2 aliphatic heterocycles. The zero-order valence-electron chi connectivity index (χ0n) is 15.8. The minimum absolute atomic E-state index is 0.0401. The SMILES string of the molecule is Nc1nc(/C(=N/O)C(=O)N[C@@H]2C(=O)N3C(C(=O)O)=C(/C=C\c4ccno4)CS[C@H]23)c(Cl)s1. The smallest absolute Gasteiger partial charge is 0.352 e. The number of carbonyl (C=O) groups excluding carboxylic acids is 2. The summed E-state index contributed by atoms with van der Waals surface area (Å²) in [6.07, 6.45) is 4.53. The van der Waals surface area contributed by atoms with Gasteiger partial charge in [-0.2, -0.15) is 0 Å². The van der Waals surface area contributed by atoms with Crippen molar-refractivity contribution in [3.8, 4) is 0 Å². The van der Waals surface area contributed by atoms with Crippen LogP contribution in [0.2, 0.25) is 4.34 Å². The molecular weight excluding hydrogens is 484 g/mol. The second-order valence-corrected chi connectivity index (χ2v) is 9.15. The number of thiazole rings is 1. The third-order valence-electron chi connectivity index (χ3n) is 4.54. The fourth-order valence-electron chi connectivity index (χ4n) is 3.14. The van der Waals surface area contributed by atoms with E-state index in [9.17, 15) is 24.7 Å². The number of carboxylic acids is 1. The van der Waals surface area contributed by atoms with E-state index in [4.69, 9.17) is 21.9 Å². The molecule has 2 aromatic heterocycles. The van der Waals surface area contributed by atoms with E-state index in [-0.39, 0.29) is 26.6 Å². The Bertz CT molecular complexity index is 1190. The largest absolute Gasteiger partial charge is 0.477 e. The van der Waals surface area contributed by atoms with E-state index in [1.165, 1.54) is 24.0 Å². The number of hydrogen-bond acceptors (Lipinski definition) is 11. The van der Waals surface area contributed by atoms with Gasteiger partial charge in [0.2, 0.25) is 0 Å². The Hall–Kier alpha value is -3.36. The zero-order valence-corrected chi connectivity index (χ0v) is 18.1. The Morgan fingerprint density at radius 1 is 1.44 bits per heavy atom. The molecule has 5 N–H and O–H groups in total. The van der Waals surface area contributed by atoms with Crippen LogP contribution in [0, 0.1) is 0 Å². The lowest BCUT2D eigenvalue weighted by molar-refractivity contribution is -0.150. The number of allylic oxidation sites excluding steroid dienone is 1. The van der Waals surface area contributed by atoms with E-state index in [0.29, 0.717) is 11.3 Å². The number of carboxylic acid groups (broad SMARTS) is 1. The van der Waals surface area contributed by atoms with Crippen LogP contribution >= 0.6 is 34.7 Å². The molecule has 4 rings (SSSR count). The molecule has 2 atom stereocenters. The number of nitrogens with two attached hydrogens (primary N) is 1. The summed E-state index contributed by atoms with van der Waals surface area (Å²) in [5.41, 5.74) is 5.12. The topological polar surface area (TPSA) is 184 Å². The normalized spacial score (nSPS) is 21.0. The van der Waals surface area contributed by atoms with Crippen LogP contribution in [0.5, 0.6) is 0 Å². The Morgan fingerprint density at radius 2 is 2.22 bits per heavy atom. The first-order chi connectivity index (χ1) is 15.3. The molecule has 4 heterocycles. The molecule has 0 radical (unpaired) electrons. The second-order valence-electron chi connectivity index (χ2n) is 6.41. The maximum Gasteiger partial charge on any atom is 0.352 e. The van der Waals surface area contributed by atoms with Crippen molar-refractivity contribution in [2.75, 3.05) is 11.5 Å². The number of nitrogens with one attached hydrogen (secondary N) is 1. The van der Waals surface area contributed by atoms with Crippen LogP contribution in [0.4, 0.5) is 5.13 Å². The number of nitrogen functional groups attached to an aromatic ring is 1. The molecule has 32 heavy (non-hydrogen) atoms. The van der Waals surface area contributed by atoms with Gasteiger partial charge < -0.3 is 25.9 Å². The van der Waals surface area contributed by atoms with Crippen molar-refractivity contribution >= 4 is 69.4 Å². The van der Waals surface area contributed by atoms with Crippen LogP contribution < -0.4 is 11.1 Å². The second kappa shape index (κ2) is 8.64. The molecule has 0 aromatic carbocycles. The maximum atomic E-state index is 12.7. The van der Waals surface area contributed by atoms with Crippen LogP contribution in [0.3, 0.4) is 0 Å². The molecule has 2 amide bonds. The highest BCUT2D eigenvalue weighted by Crippen LogP contribution is 2.41. The number of aliphatic carboxylic acids is 1. The summed E-state index contributed by atoms with van der Waals surface area (Å²) in [6.45, 7) is 0. The number of β-lactam (4-membered cyclic amide) rings is 1. The fourth-order valence-corrected chi connectivity index (χ4v) is 5.39. The van der Waals surface area contributed by atoms with E-state index >= 15 is 0 Å². The van der Waals surface area contributed by atoms with Crippen molar-refractivity contribution in [1.82, 2.24) is 20.4 Å². The summed E-state index contributed by atoms with van der Waals surface area (Å²) < 4.78 is 4.99. The van der Waals surface area contributed by atoms with Crippen LogP contribution in [0.1, 0.15) is 11.5 Å². The molecule has 0 saturated carbocycles. The van der Waals surface area contributed by atoms with Gasteiger partial charge in [-0.15, -0.1) is 11.8 Å². The summed E-state index contributed by atoms with van der Waals surface area (Å²) in [6, 6.07) is 0.562. The number of carbonyl (C=O) groups is 3. The van der Waals surface area contributed by atoms with Crippen molar-refractivity contribution in [3.63, 3.8) is 0 Å². The highest BCUT2D eigenvalue weighted by molar-refractivity contribution is 8.00. The average Bonchev–Trinajstić information content (AvgIpc) is 3.39. The Labute approximate surface area is 192 Å². The molecule has 2 aliphatic rings. The monoisotopic (exact) mass is 496 g/mol. The van der Waals surface area contributed by atoms with Gasteiger partial charge in [-0.25, -0.2) is 9.78 Å². The molecule has 15 heteroatoms. The van der Waals surface area contributed by atoms with E-state index in [0.717, 1.165) is 16.2 Å². The van der Waals surface area contributed by atoms with E-state index in [1.54, 1.807) is 12.1 Å². The average molecular weight is 497 g/mol. The Kier molecular flexibility index (Phi) is 5.90. The van der Waals surface area contributed by atoms with Gasteiger partial charge >= 0.3 is 5.97 Å². The van der Waals surface area contributed by atoms with Crippen LogP contribution in [0.25, 0.3) is 6.08 Å². The number of oxime groups is 1. The van der Waals surface area contributed by atoms with Gasteiger partial charge in [0, 0.05) is 11.8 Å². The number of amides is 2. The lowest BCUT2D eigenvalue weighted by Gasteiger charge is -2.49. The molecule has 12 nitrogen and oxygen atoms in total. The van der Waals surface area contributed by atoms with Crippen molar-refractivity contribution in [2.45, 2.75) is 11.4 Å². The first-order valence-electron chi connectivity index (χ1n) is 8.76. The molecule has 1 fully saturated rings. The standard InChI is InChI=1S/C17H13ClN6O6S2/c18-12-8(22-17(19)32-12)9(23-29)13(25)21-10-14(26)24-11(16(27)28)6(5-31-15(10)24)1-2-7-3-4-20-30-7/h1-4,10,15,29H,5H2,(H2,19,22)(H,21,25)(H,27,28)/b2-1-,23-9-/t10-,15-/m1/s1. The van der Waals surface area contributed by atoms with Gasteiger partial charge in [-0.05, 0) is 11.6 Å². The van der Waals surface area contributed by atoms with Gasteiger partial charge in [0.1, 0.15) is 27.1 Å². The van der Waals surface area contributed by atoms with E-state index in [1.807, 2.05) is 0 Å². The molecule has 0 bridgehead atoms. The molecule has 2 aromatic rings. The quantitative estimate of drug-likeness (QED) is 0.194. The number of fused-ring (bicyclic) bond motifs is 1. The summed E-state index contributed by atoms with van der Waals surface area (Å²) >= 11 is 8.11. The minimum Gasteiger partial charge on any atom is -0.477 e. The van der Waals surface area contributed by atoms with Gasteiger partial charge in [0.05, 0.1) is 6.20 Å². The molecule has 0 aliphatic carbocycles. The first kappa shape index (κ1) is 21.9. The lowest BCUT2D eigenvalue weighted by atomic mass is 10.0. The zero-order chi connectivity index (χ0) is 23.0. The predicted octanol–water partition coefficient (Wildman–Crippen LogP) is 0.997. The lowest BCUT2D eigenvalue weighted by Crippen LogP contribution is -2.71. The highest BCUT2D eigenvalue weighted by atomic mass is 35.5. The van der Waals surface area contributed by atoms with Gasteiger partial charge in [-0.1, -0.05) is 39.3 Å². The number of thioether (sulfide) groups is 1. The molecule has 1 saturated heterocycles. The summed E-state index contributed by atoms with van der Waals surface area (Å²) in [5.74, 6) is -2.13. The molecule has 166 valence electrons. The number of anilines is 1. The number of halogens is 1. The fraction of sp³-hybridized carbons (Fsp3) is 0.176. The van der Waals surface area contributed by atoms with Crippen molar-refractivity contribution < 1.29 is 29.2 Å². The highest BCUT2D eigenvalue weighted by Gasteiger charge is 2.54. The molecular formula is C17H13ClN6O6S2. The third kappa shape index (κ3) is 3.83. The summed E-state index contributed by atoms with van der Waals surface area (Å²) in [4.78, 5) is 42.1. The van der Waals surface area contributed by atoms with Crippen molar-refractivity contribution in [3.05, 3.63) is 45.4 Å². The maximum absolute atomic E-state index is 12.7. The Balaban J connectivity index is 1.53. The molecule has 0 spiro atoms. The first-order valence-corrected chi connectivity index (χ1v) is 11.0. The number of rotatable bonds is 6. The van der Waals surface area contributed by atoms with Crippen LogP contribution in [0.15, 0.2) is 39.3 Å².